The van der Waals surface area contributed by atoms with Crippen molar-refractivity contribution in [3.63, 3.8) is 0 Å². The Morgan fingerprint density at radius 2 is 1.53 bits per heavy atom. The number of hydrogen-bond acceptors (Lipinski definition) is 5. The summed E-state index contributed by atoms with van der Waals surface area (Å²) >= 11 is 0. The van der Waals surface area contributed by atoms with E-state index in [2.05, 4.69) is 17.0 Å². The number of sulfonamides is 1. The van der Waals surface area contributed by atoms with E-state index in [4.69, 9.17) is 9.47 Å². The summed E-state index contributed by atoms with van der Waals surface area (Å²) in [7, 11) is -0.476. The summed E-state index contributed by atoms with van der Waals surface area (Å²) in [5.74, 6) is 1.48. The molecular weight excluding hydrogens is 448 g/mol. The molecular formula is C27H32N2O4S. The van der Waals surface area contributed by atoms with Gasteiger partial charge in [-0.1, -0.05) is 35.9 Å². The average molecular weight is 481 g/mol. The molecule has 34 heavy (non-hydrogen) atoms. The maximum atomic E-state index is 13.8. The normalized spacial score (nSPS) is 15.1. The number of ether oxygens (including phenoxy) is 2. The molecule has 0 amide bonds. The quantitative estimate of drug-likeness (QED) is 0.460. The highest BCUT2D eigenvalue weighted by Crippen LogP contribution is 2.33. The molecule has 1 saturated heterocycles. The van der Waals surface area contributed by atoms with Crippen molar-refractivity contribution in [2.75, 3.05) is 31.6 Å². The molecule has 3 aromatic carbocycles. The predicted octanol–water partition coefficient (Wildman–Crippen LogP) is 4.87. The van der Waals surface area contributed by atoms with Gasteiger partial charge in [-0.25, -0.2) is 8.42 Å². The number of methoxy groups -OCH3 is 2. The first-order chi connectivity index (χ1) is 16.4. The zero-order valence-electron chi connectivity index (χ0n) is 20.0. The van der Waals surface area contributed by atoms with Crippen LogP contribution in [0, 0.1) is 6.92 Å². The van der Waals surface area contributed by atoms with E-state index in [0.717, 1.165) is 43.8 Å². The molecule has 6 nitrogen and oxygen atoms in total. The van der Waals surface area contributed by atoms with Gasteiger partial charge >= 0.3 is 0 Å². The van der Waals surface area contributed by atoms with Gasteiger partial charge in [0.2, 0.25) is 0 Å². The Morgan fingerprint density at radius 3 is 2.15 bits per heavy atom. The van der Waals surface area contributed by atoms with Gasteiger partial charge in [0.1, 0.15) is 11.5 Å². The lowest BCUT2D eigenvalue weighted by Gasteiger charge is -2.39. The van der Waals surface area contributed by atoms with Gasteiger partial charge in [0.05, 0.1) is 24.8 Å². The lowest BCUT2D eigenvalue weighted by atomic mass is 10.0. The number of rotatable bonds is 8. The zero-order chi connectivity index (χ0) is 24.1. The molecule has 1 aliphatic rings. The van der Waals surface area contributed by atoms with Crippen molar-refractivity contribution in [1.82, 2.24) is 4.90 Å². The fourth-order valence-corrected chi connectivity index (χ4v) is 6.12. The molecule has 3 aromatic rings. The second kappa shape index (κ2) is 10.5. The van der Waals surface area contributed by atoms with Crippen molar-refractivity contribution >= 4 is 15.7 Å². The number of likely N-dealkylation sites (tertiary alicyclic amines) is 1. The van der Waals surface area contributed by atoms with Gasteiger partial charge in [-0.05, 0) is 61.7 Å². The van der Waals surface area contributed by atoms with Crippen molar-refractivity contribution in [1.29, 1.82) is 0 Å². The highest BCUT2D eigenvalue weighted by Gasteiger charge is 2.34. The van der Waals surface area contributed by atoms with Crippen molar-refractivity contribution in [3.05, 3.63) is 83.9 Å². The summed E-state index contributed by atoms with van der Waals surface area (Å²) in [6.07, 6.45) is 1.50. The molecule has 0 atom stereocenters. The summed E-state index contributed by atoms with van der Waals surface area (Å²) in [5.41, 5.74) is 2.88. The highest BCUT2D eigenvalue weighted by molar-refractivity contribution is 7.92. The van der Waals surface area contributed by atoms with Crippen molar-refractivity contribution in [3.8, 4) is 11.5 Å². The predicted molar refractivity (Wildman–Crippen MR) is 135 cm³/mol. The Balaban J connectivity index is 1.56. The summed E-state index contributed by atoms with van der Waals surface area (Å²) in [4.78, 5) is 2.68. The monoisotopic (exact) mass is 480 g/mol. The minimum absolute atomic E-state index is 0.134. The summed E-state index contributed by atoms with van der Waals surface area (Å²) in [6.45, 7) is 4.43. The maximum Gasteiger partial charge on any atom is 0.264 e. The minimum Gasteiger partial charge on any atom is -0.497 e. The fraction of sp³-hybridized carbons (Fsp3) is 0.333. The Bertz CT molecular complexity index is 1190. The number of anilines is 1. The number of benzene rings is 3. The number of hydrogen-bond donors (Lipinski definition) is 0. The van der Waals surface area contributed by atoms with E-state index in [1.54, 1.807) is 36.7 Å². The van der Waals surface area contributed by atoms with Crippen LogP contribution < -0.4 is 13.8 Å². The summed E-state index contributed by atoms with van der Waals surface area (Å²) in [6, 6.07) is 22.3. The molecule has 7 heteroatoms. The van der Waals surface area contributed by atoms with E-state index in [1.807, 2.05) is 49.4 Å². The van der Waals surface area contributed by atoms with Gasteiger partial charge in [-0.15, -0.1) is 0 Å². The van der Waals surface area contributed by atoms with Crippen LogP contribution in [0.25, 0.3) is 0 Å². The topological polar surface area (TPSA) is 59.1 Å². The van der Waals surface area contributed by atoms with Gasteiger partial charge in [0.25, 0.3) is 10.0 Å². The summed E-state index contributed by atoms with van der Waals surface area (Å²) < 4.78 is 39.9. The maximum absolute atomic E-state index is 13.8. The lowest BCUT2D eigenvalue weighted by Crippen LogP contribution is -2.47. The van der Waals surface area contributed by atoms with Crippen LogP contribution in [0.3, 0.4) is 0 Å². The molecule has 0 saturated carbocycles. The van der Waals surface area contributed by atoms with Crippen molar-refractivity contribution in [2.45, 2.75) is 37.2 Å². The Kier molecular flexibility index (Phi) is 7.44. The third-order valence-electron chi connectivity index (χ3n) is 6.34. The molecule has 4 rings (SSSR count). The van der Waals surface area contributed by atoms with E-state index in [0.29, 0.717) is 16.3 Å². The van der Waals surface area contributed by atoms with Gasteiger partial charge in [0.15, 0.2) is 0 Å². The first-order valence-corrected chi connectivity index (χ1v) is 12.9. The van der Waals surface area contributed by atoms with Crippen molar-refractivity contribution in [2.24, 2.45) is 0 Å². The van der Waals surface area contributed by atoms with Crippen LogP contribution in [-0.2, 0) is 16.6 Å². The highest BCUT2D eigenvalue weighted by atomic mass is 32.2. The number of piperidine rings is 1. The smallest absolute Gasteiger partial charge is 0.264 e. The molecule has 0 N–H and O–H groups in total. The van der Waals surface area contributed by atoms with Gasteiger partial charge < -0.3 is 9.47 Å². The Morgan fingerprint density at radius 1 is 0.882 bits per heavy atom. The molecule has 0 radical (unpaired) electrons. The van der Waals surface area contributed by atoms with Crippen LogP contribution in [0.15, 0.2) is 77.7 Å². The largest absolute Gasteiger partial charge is 0.497 e. The fourth-order valence-electron chi connectivity index (χ4n) is 4.42. The standard InChI is InChI=1S/C27H32N2O4S/c1-21-7-13-27(14-8-21)34(30,31)29(24-5-4-6-26(19-24)33-3)23-15-17-28(18-16-23)20-22-9-11-25(32-2)12-10-22/h4-14,19,23H,15-18,20H2,1-3H3. The molecule has 0 spiro atoms. The molecule has 0 aliphatic carbocycles. The van der Waals surface area contributed by atoms with Gasteiger partial charge in [-0.2, -0.15) is 0 Å². The zero-order valence-corrected chi connectivity index (χ0v) is 20.8. The Labute approximate surface area is 202 Å². The van der Waals surface area contributed by atoms with Crippen molar-refractivity contribution < 1.29 is 17.9 Å². The molecule has 0 aromatic heterocycles. The molecule has 1 aliphatic heterocycles. The number of aryl methyl sites for hydroxylation is 1. The second-order valence-corrected chi connectivity index (χ2v) is 10.5. The first kappa shape index (κ1) is 24.1. The average Bonchev–Trinajstić information content (AvgIpc) is 2.86. The van der Waals surface area contributed by atoms with Crippen LogP contribution in [0.4, 0.5) is 5.69 Å². The third kappa shape index (κ3) is 5.37. The van der Waals surface area contributed by atoms with Crippen LogP contribution in [0.1, 0.15) is 24.0 Å². The van der Waals surface area contributed by atoms with Crippen LogP contribution in [-0.4, -0.2) is 46.7 Å². The molecule has 1 heterocycles. The molecule has 1 fully saturated rings. The van der Waals surface area contributed by atoms with E-state index >= 15 is 0 Å². The van der Waals surface area contributed by atoms with Crippen LogP contribution in [0.5, 0.6) is 11.5 Å². The van der Waals surface area contributed by atoms with Gasteiger partial charge in [-0.3, -0.25) is 9.21 Å². The second-order valence-electron chi connectivity index (χ2n) is 8.67. The van der Waals surface area contributed by atoms with Crippen LogP contribution in [0.2, 0.25) is 0 Å². The Hall–Kier alpha value is -3.03. The van der Waals surface area contributed by atoms with Gasteiger partial charge in [0, 0.05) is 31.7 Å². The third-order valence-corrected chi connectivity index (χ3v) is 8.23. The van der Waals surface area contributed by atoms with E-state index in [-0.39, 0.29) is 6.04 Å². The molecule has 180 valence electrons. The lowest BCUT2D eigenvalue weighted by molar-refractivity contribution is 0.206. The van der Waals surface area contributed by atoms with E-state index in [9.17, 15) is 8.42 Å². The van der Waals surface area contributed by atoms with E-state index in [1.165, 1.54) is 5.56 Å². The summed E-state index contributed by atoms with van der Waals surface area (Å²) in [5, 5.41) is 0. The van der Waals surface area contributed by atoms with Crippen LogP contribution >= 0.6 is 0 Å². The molecule has 0 unspecified atom stereocenters. The molecule has 0 bridgehead atoms. The van der Waals surface area contributed by atoms with E-state index < -0.39 is 10.0 Å². The number of nitrogens with zero attached hydrogens (tertiary/aromatic N) is 2. The first-order valence-electron chi connectivity index (χ1n) is 11.5. The SMILES string of the molecule is COc1ccc(CN2CCC(N(c3cccc(OC)c3)S(=O)(=O)c3ccc(C)cc3)CC2)cc1. The minimum atomic E-state index is -3.73.